The van der Waals surface area contributed by atoms with E-state index in [4.69, 9.17) is 14.2 Å². The van der Waals surface area contributed by atoms with Crippen LogP contribution < -0.4 is 0 Å². The second-order valence-corrected chi connectivity index (χ2v) is 15.6. The molecule has 0 aliphatic rings. The van der Waals surface area contributed by atoms with Gasteiger partial charge in [0.2, 0.25) is 0 Å². The van der Waals surface area contributed by atoms with Crippen LogP contribution in [0.4, 0.5) is 0 Å². The van der Waals surface area contributed by atoms with E-state index in [1.165, 1.54) is 116 Å². The van der Waals surface area contributed by atoms with E-state index in [0.717, 1.165) is 69.6 Å². The third-order valence-corrected chi connectivity index (χ3v) is 9.47. The summed E-state index contributed by atoms with van der Waals surface area (Å²) in [5, 5.41) is 0. The lowest BCUT2D eigenvalue weighted by atomic mass is 10.0. The van der Waals surface area contributed by atoms with Gasteiger partial charge in [-0.05, 0) is 31.1 Å². The third kappa shape index (κ3) is 37.5. The molecule has 0 amide bonds. The van der Waals surface area contributed by atoms with E-state index < -0.39 is 6.10 Å². The first-order valence-electron chi connectivity index (χ1n) is 21.2. The average Bonchev–Trinajstić information content (AvgIpc) is 3.06. The van der Waals surface area contributed by atoms with Crippen molar-refractivity contribution in [2.45, 2.75) is 233 Å². The largest absolute Gasteiger partial charge is 0.462 e. The highest BCUT2D eigenvalue weighted by Crippen LogP contribution is 2.16. The molecule has 0 radical (unpaired) electrons. The molecule has 0 rings (SSSR count). The predicted molar refractivity (Wildman–Crippen MR) is 206 cm³/mol. The minimum Gasteiger partial charge on any atom is -0.462 e. The van der Waals surface area contributed by atoms with Gasteiger partial charge in [0.1, 0.15) is 13.2 Å². The topological polar surface area (TPSA) is 78.9 Å². The first-order chi connectivity index (χ1) is 23.7. The molecule has 0 aromatic heterocycles. The van der Waals surface area contributed by atoms with Gasteiger partial charge in [0.15, 0.2) is 6.10 Å². The summed E-state index contributed by atoms with van der Waals surface area (Å²) in [6, 6.07) is 0. The Morgan fingerprint density at radius 2 is 0.673 bits per heavy atom. The van der Waals surface area contributed by atoms with E-state index >= 15 is 0 Å². The zero-order valence-electron chi connectivity index (χ0n) is 33.3. The van der Waals surface area contributed by atoms with Crippen LogP contribution in [0.2, 0.25) is 0 Å². The fourth-order valence-corrected chi connectivity index (χ4v) is 6.22. The van der Waals surface area contributed by atoms with Gasteiger partial charge in [-0.15, -0.1) is 0 Å². The van der Waals surface area contributed by atoms with Gasteiger partial charge in [0, 0.05) is 19.3 Å². The summed E-state index contributed by atoms with van der Waals surface area (Å²) >= 11 is 0. The molecule has 6 nitrogen and oxygen atoms in total. The number of ether oxygens (including phenoxy) is 3. The van der Waals surface area contributed by atoms with Gasteiger partial charge < -0.3 is 14.2 Å². The molecule has 0 bridgehead atoms. The fraction of sp³-hybridized carbons (Fsp3) is 0.930. The minimum absolute atomic E-state index is 0.0664. The lowest BCUT2D eigenvalue weighted by Crippen LogP contribution is -2.30. The van der Waals surface area contributed by atoms with E-state index in [1.54, 1.807) is 0 Å². The maximum atomic E-state index is 12.6. The summed E-state index contributed by atoms with van der Waals surface area (Å²) in [5.74, 6) is 0.711. The second kappa shape index (κ2) is 36.2. The number of esters is 3. The molecule has 1 atom stereocenters. The molecule has 0 aromatic rings. The lowest BCUT2D eigenvalue weighted by Gasteiger charge is -2.18. The summed E-state index contributed by atoms with van der Waals surface area (Å²) < 4.78 is 16.6. The molecule has 6 heteroatoms. The molecular weight excluding hydrogens is 612 g/mol. The van der Waals surface area contributed by atoms with Gasteiger partial charge >= 0.3 is 17.9 Å². The molecule has 0 spiro atoms. The highest BCUT2D eigenvalue weighted by atomic mass is 16.6. The maximum absolute atomic E-state index is 12.6. The van der Waals surface area contributed by atoms with E-state index in [9.17, 15) is 14.4 Å². The maximum Gasteiger partial charge on any atom is 0.306 e. The Balaban J connectivity index is 4.35. The Hall–Kier alpha value is -1.59. The number of unbranched alkanes of at least 4 members (excludes halogenated alkanes) is 22. The molecule has 0 unspecified atom stereocenters. The van der Waals surface area contributed by atoms with E-state index in [1.807, 2.05) is 0 Å². The molecule has 0 N–H and O–H groups in total. The zero-order chi connectivity index (χ0) is 36.2. The van der Waals surface area contributed by atoms with Gasteiger partial charge in [-0.3, -0.25) is 14.4 Å². The summed E-state index contributed by atoms with van der Waals surface area (Å²) in [5.41, 5.74) is 0. The number of hydrogen-bond donors (Lipinski definition) is 0. The molecule has 49 heavy (non-hydrogen) atoms. The molecular formula is C43H82O6. The average molecular weight is 695 g/mol. The van der Waals surface area contributed by atoms with Crippen LogP contribution in [-0.4, -0.2) is 37.2 Å². The summed E-state index contributed by atoms with van der Waals surface area (Å²) in [6.07, 6.45) is 32.4. The van der Waals surface area contributed by atoms with Crippen molar-refractivity contribution >= 4 is 17.9 Å². The van der Waals surface area contributed by atoms with Crippen LogP contribution in [0, 0.1) is 11.8 Å². The van der Waals surface area contributed by atoms with Crippen molar-refractivity contribution in [3.8, 4) is 0 Å². The molecule has 0 aliphatic carbocycles. The molecule has 0 saturated heterocycles. The van der Waals surface area contributed by atoms with Crippen molar-refractivity contribution in [2.75, 3.05) is 13.2 Å². The monoisotopic (exact) mass is 695 g/mol. The lowest BCUT2D eigenvalue weighted by molar-refractivity contribution is -0.167. The predicted octanol–water partition coefficient (Wildman–Crippen LogP) is 13.0. The van der Waals surface area contributed by atoms with Gasteiger partial charge in [-0.2, -0.15) is 0 Å². The van der Waals surface area contributed by atoms with Gasteiger partial charge in [0.05, 0.1) is 0 Å². The standard InChI is InChI=1S/C43H82O6/c1-6-7-8-9-10-11-12-19-25-30-35-43(46)49-40(37-48-42(45)34-29-24-20-15-17-22-27-32-39(4)5)36-47-41(44)33-28-23-18-14-13-16-21-26-31-38(2)3/h38-40H,6-37H2,1-5H3/t40-/m0/s1. The van der Waals surface area contributed by atoms with E-state index in [0.29, 0.717) is 19.3 Å². The number of carbonyl (C=O) groups is 3. The van der Waals surface area contributed by atoms with E-state index in [2.05, 4.69) is 34.6 Å². The van der Waals surface area contributed by atoms with Crippen LogP contribution in [-0.2, 0) is 28.6 Å². The smallest absolute Gasteiger partial charge is 0.306 e. The Morgan fingerprint density at radius 1 is 0.388 bits per heavy atom. The van der Waals surface area contributed by atoms with Crippen molar-refractivity contribution < 1.29 is 28.6 Å². The van der Waals surface area contributed by atoms with Crippen LogP contribution in [0.25, 0.3) is 0 Å². The van der Waals surface area contributed by atoms with Crippen molar-refractivity contribution in [1.82, 2.24) is 0 Å². The van der Waals surface area contributed by atoms with Crippen LogP contribution in [0.15, 0.2) is 0 Å². The quantitative estimate of drug-likeness (QED) is 0.0366. The first-order valence-corrected chi connectivity index (χ1v) is 21.2. The van der Waals surface area contributed by atoms with Crippen molar-refractivity contribution in [2.24, 2.45) is 11.8 Å². The highest BCUT2D eigenvalue weighted by molar-refractivity contribution is 5.71. The normalized spacial score (nSPS) is 12.1. The summed E-state index contributed by atoms with van der Waals surface area (Å²) in [6.45, 7) is 11.2. The van der Waals surface area contributed by atoms with Gasteiger partial charge in [-0.1, -0.05) is 189 Å². The second-order valence-electron chi connectivity index (χ2n) is 15.6. The highest BCUT2D eigenvalue weighted by Gasteiger charge is 2.19. The van der Waals surface area contributed by atoms with Gasteiger partial charge in [0.25, 0.3) is 0 Å². The molecule has 0 aliphatic heterocycles. The summed E-state index contributed by atoms with van der Waals surface area (Å²) in [7, 11) is 0. The Morgan fingerprint density at radius 3 is 1.00 bits per heavy atom. The summed E-state index contributed by atoms with van der Waals surface area (Å²) in [4.78, 5) is 37.5. The van der Waals surface area contributed by atoms with Crippen LogP contribution in [0.3, 0.4) is 0 Å². The van der Waals surface area contributed by atoms with Gasteiger partial charge in [-0.25, -0.2) is 0 Å². The third-order valence-electron chi connectivity index (χ3n) is 9.47. The Bertz CT molecular complexity index is 749. The molecule has 290 valence electrons. The molecule has 0 fully saturated rings. The van der Waals surface area contributed by atoms with Crippen molar-refractivity contribution in [3.63, 3.8) is 0 Å². The SMILES string of the molecule is CCCCCCCCCCCCC(=O)O[C@@H](COC(=O)CCCCCCCCCCC(C)C)COC(=O)CCCCCCCCCC(C)C. The minimum atomic E-state index is -0.759. The zero-order valence-corrected chi connectivity index (χ0v) is 33.3. The molecule has 0 heterocycles. The molecule has 0 saturated carbocycles. The van der Waals surface area contributed by atoms with Crippen molar-refractivity contribution in [1.29, 1.82) is 0 Å². The van der Waals surface area contributed by atoms with Crippen LogP contribution in [0.1, 0.15) is 227 Å². The number of rotatable bonds is 37. The Labute approximate surface area is 304 Å². The van der Waals surface area contributed by atoms with E-state index in [-0.39, 0.29) is 31.1 Å². The van der Waals surface area contributed by atoms with Crippen LogP contribution in [0.5, 0.6) is 0 Å². The number of hydrogen-bond acceptors (Lipinski definition) is 6. The van der Waals surface area contributed by atoms with Crippen molar-refractivity contribution in [3.05, 3.63) is 0 Å². The fourth-order valence-electron chi connectivity index (χ4n) is 6.22. The Kier molecular flexibility index (Phi) is 35.0. The molecule has 0 aromatic carbocycles. The first kappa shape index (κ1) is 47.4. The van der Waals surface area contributed by atoms with Crippen LogP contribution >= 0.6 is 0 Å². The number of carbonyl (C=O) groups excluding carboxylic acids is 3.